The molecule has 0 N–H and O–H groups in total. The summed E-state index contributed by atoms with van der Waals surface area (Å²) in [7, 11) is 0. The third-order valence-corrected chi connectivity index (χ3v) is 0.859. The van der Waals surface area contributed by atoms with Crippen molar-refractivity contribution in [2.24, 2.45) is 0 Å². The fraction of sp³-hybridized carbons (Fsp3) is 0.167. The number of rotatable bonds is 2. The summed E-state index contributed by atoms with van der Waals surface area (Å²) < 4.78 is 4.79. The van der Waals surface area contributed by atoms with Gasteiger partial charge >= 0.3 is 6.01 Å². The van der Waals surface area contributed by atoms with Crippen molar-refractivity contribution in [2.45, 2.75) is 6.92 Å². The first-order chi connectivity index (χ1) is 4.83. The first-order valence-corrected chi connectivity index (χ1v) is 2.76. The molecule has 0 amide bonds. The van der Waals surface area contributed by atoms with Crippen molar-refractivity contribution < 1.29 is 4.74 Å². The lowest BCUT2D eigenvalue weighted by molar-refractivity contribution is 0.437. The van der Waals surface area contributed by atoms with Gasteiger partial charge in [-0.2, -0.15) is 9.97 Å². The number of hydrogen-bond acceptors (Lipinski definition) is 4. The maximum Gasteiger partial charge on any atom is 0.324 e. The Hall–Kier alpha value is -1.45. The summed E-state index contributed by atoms with van der Waals surface area (Å²) in [5, 5.41) is 0. The van der Waals surface area contributed by atoms with Crippen molar-refractivity contribution in [2.75, 3.05) is 0 Å². The SMILES string of the molecule is C=COc1ncnc(C)n1. The van der Waals surface area contributed by atoms with E-state index in [4.69, 9.17) is 4.74 Å². The fourth-order valence-corrected chi connectivity index (χ4v) is 0.489. The average Bonchev–Trinajstić information content (AvgIpc) is 1.88. The van der Waals surface area contributed by atoms with Crippen LogP contribution in [0.15, 0.2) is 19.2 Å². The van der Waals surface area contributed by atoms with E-state index < -0.39 is 0 Å². The molecule has 0 spiro atoms. The first-order valence-electron chi connectivity index (χ1n) is 2.76. The number of ether oxygens (including phenoxy) is 1. The highest BCUT2D eigenvalue weighted by Crippen LogP contribution is 1.97. The summed E-state index contributed by atoms with van der Waals surface area (Å²) in [6, 6.07) is 0.280. The molecule has 52 valence electrons. The molecule has 0 atom stereocenters. The van der Waals surface area contributed by atoms with Crippen LogP contribution in [0.3, 0.4) is 0 Å². The molecule has 0 unspecified atom stereocenters. The van der Waals surface area contributed by atoms with Crippen molar-refractivity contribution in [3.8, 4) is 6.01 Å². The Balaban J connectivity index is 2.84. The Morgan fingerprint density at radius 2 is 2.40 bits per heavy atom. The predicted molar refractivity (Wildman–Crippen MR) is 35.4 cm³/mol. The van der Waals surface area contributed by atoms with Gasteiger partial charge in [0.05, 0.1) is 6.26 Å². The molecule has 0 aliphatic rings. The molecule has 0 radical (unpaired) electrons. The highest BCUT2D eigenvalue weighted by Gasteiger charge is 1.92. The van der Waals surface area contributed by atoms with Crippen molar-refractivity contribution in [3.63, 3.8) is 0 Å². The zero-order chi connectivity index (χ0) is 7.40. The molecule has 0 aromatic carbocycles. The minimum atomic E-state index is 0.280. The van der Waals surface area contributed by atoms with Crippen LogP contribution in [0, 0.1) is 6.92 Å². The number of hydrogen-bond donors (Lipinski definition) is 0. The molecular formula is C6H7N3O. The van der Waals surface area contributed by atoms with Gasteiger partial charge in [-0.3, -0.25) is 0 Å². The molecule has 4 nitrogen and oxygen atoms in total. The lowest BCUT2D eigenvalue weighted by Crippen LogP contribution is -1.93. The Morgan fingerprint density at radius 1 is 1.60 bits per heavy atom. The maximum absolute atomic E-state index is 4.79. The maximum atomic E-state index is 4.79. The summed E-state index contributed by atoms with van der Waals surface area (Å²) in [6.45, 7) is 5.12. The van der Waals surface area contributed by atoms with Crippen molar-refractivity contribution in [1.29, 1.82) is 0 Å². The molecule has 1 aromatic rings. The molecule has 4 heteroatoms. The quantitative estimate of drug-likeness (QED) is 0.563. The molecule has 0 aliphatic carbocycles. The van der Waals surface area contributed by atoms with Gasteiger partial charge in [-0.05, 0) is 6.92 Å². The molecule has 0 saturated heterocycles. The smallest absolute Gasteiger partial charge is 0.324 e. The van der Waals surface area contributed by atoms with Crippen LogP contribution < -0.4 is 4.74 Å². The summed E-state index contributed by atoms with van der Waals surface area (Å²) in [4.78, 5) is 11.3. The van der Waals surface area contributed by atoms with Gasteiger partial charge in [0.2, 0.25) is 0 Å². The van der Waals surface area contributed by atoms with E-state index >= 15 is 0 Å². The van der Waals surface area contributed by atoms with Crippen LogP contribution >= 0.6 is 0 Å². The van der Waals surface area contributed by atoms with Crippen molar-refractivity contribution in [1.82, 2.24) is 15.0 Å². The Kier molecular flexibility index (Phi) is 1.94. The van der Waals surface area contributed by atoms with Crippen LogP contribution in [0.25, 0.3) is 0 Å². The van der Waals surface area contributed by atoms with E-state index in [1.165, 1.54) is 12.6 Å². The zero-order valence-corrected chi connectivity index (χ0v) is 5.61. The first kappa shape index (κ1) is 6.67. The third kappa shape index (κ3) is 1.51. The van der Waals surface area contributed by atoms with Gasteiger partial charge in [0.15, 0.2) is 0 Å². The van der Waals surface area contributed by atoms with Gasteiger partial charge in [-0.1, -0.05) is 6.58 Å². The minimum Gasteiger partial charge on any atom is -0.433 e. The topological polar surface area (TPSA) is 47.9 Å². The number of nitrogens with zero attached hydrogens (tertiary/aromatic N) is 3. The molecule has 0 saturated carbocycles. The van der Waals surface area contributed by atoms with Crippen LogP contribution in [-0.2, 0) is 0 Å². The minimum absolute atomic E-state index is 0.280. The molecule has 0 fully saturated rings. The molecule has 0 aliphatic heterocycles. The molecule has 1 heterocycles. The lowest BCUT2D eigenvalue weighted by Gasteiger charge is -1.94. The van der Waals surface area contributed by atoms with E-state index in [1.54, 1.807) is 6.92 Å². The Morgan fingerprint density at radius 3 is 3.00 bits per heavy atom. The number of aryl methyl sites for hydroxylation is 1. The Labute approximate surface area is 58.6 Å². The van der Waals surface area contributed by atoms with Gasteiger partial charge in [0.1, 0.15) is 12.2 Å². The second kappa shape index (κ2) is 2.91. The second-order valence-electron chi connectivity index (χ2n) is 1.60. The third-order valence-electron chi connectivity index (χ3n) is 0.859. The van der Waals surface area contributed by atoms with E-state index in [-0.39, 0.29) is 6.01 Å². The second-order valence-corrected chi connectivity index (χ2v) is 1.60. The van der Waals surface area contributed by atoms with Crippen LogP contribution in [0.4, 0.5) is 0 Å². The summed E-state index contributed by atoms with van der Waals surface area (Å²) >= 11 is 0. The fourth-order valence-electron chi connectivity index (χ4n) is 0.489. The summed E-state index contributed by atoms with van der Waals surface area (Å²) in [6.07, 6.45) is 2.66. The van der Waals surface area contributed by atoms with Crippen molar-refractivity contribution in [3.05, 3.63) is 25.0 Å². The van der Waals surface area contributed by atoms with E-state index in [1.807, 2.05) is 0 Å². The van der Waals surface area contributed by atoms with E-state index in [2.05, 4.69) is 21.5 Å². The average molecular weight is 137 g/mol. The van der Waals surface area contributed by atoms with Crippen LogP contribution in [0.5, 0.6) is 6.01 Å². The van der Waals surface area contributed by atoms with E-state index in [0.717, 1.165) is 0 Å². The Bertz CT molecular complexity index is 236. The normalized spacial score (nSPS) is 8.90. The van der Waals surface area contributed by atoms with Gasteiger partial charge in [-0.25, -0.2) is 4.98 Å². The highest BCUT2D eigenvalue weighted by molar-refractivity contribution is 4.94. The highest BCUT2D eigenvalue weighted by atomic mass is 16.5. The standard InChI is InChI=1S/C6H7N3O/c1-3-10-6-8-4-7-5(2)9-6/h3-4H,1H2,2H3. The van der Waals surface area contributed by atoms with E-state index in [9.17, 15) is 0 Å². The van der Waals surface area contributed by atoms with Crippen LogP contribution in [0.1, 0.15) is 5.82 Å². The predicted octanol–water partition coefficient (Wildman–Crippen LogP) is 0.702. The lowest BCUT2D eigenvalue weighted by atomic mass is 10.7. The molecule has 10 heavy (non-hydrogen) atoms. The van der Waals surface area contributed by atoms with Crippen molar-refractivity contribution >= 4 is 0 Å². The number of aromatic nitrogens is 3. The largest absolute Gasteiger partial charge is 0.433 e. The summed E-state index contributed by atoms with van der Waals surface area (Å²) in [5.41, 5.74) is 0. The van der Waals surface area contributed by atoms with Gasteiger partial charge in [0, 0.05) is 0 Å². The van der Waals surface area contributed by atoms with Gasteiger partial charge < -0.3 is 4.74 Å². The zero-order valence-electron chi connectivity index (χ0n) is 5.61. The van der Waals surface area contributed by atoms with Gasteiger partial charge in [0.25, 0.3) is 0 Å². The molecule has 1 aromatic heterocycles. The summed E-state index contributed by atoms with van der Waals surface area (Å²) in [5.74, 6) is 0.631. The van der Waals surface area contributed by atoms with Crippen LogP contribution in [0.2, 0.25) is 0 Å². The van der Waals surface area contributed by atoms with Gasteiger partial charge in [-0.15, -0.1) is 0 Å². The monoisotopic (exact) mass is 137 g/mol. The molecule has 1 rings (SSSR count). The van der Waals surface area contributed by atoms with E-state index in [0.29, 0.717) is 5.82 Å². The van der Waals surface area contributed by atoms with Crippen LogP contribution in [-0.4, -0.2) is 15.0 Å². The molecular weight excluding hydrogens is 130 g/mol. The molecule has 0 bridgehead atoms.